The summed E-state index contributed by atoms with van der Waals surface area (Å²) in [5.74, 6) is -1.75. The summed E-state index contributed by atoms with van der Waals surface area (Å²) in [5, 5.41) is 9.50. The Bertz CT molecular complexity index is 983. The Morgan fingerprint density at radius 3 is 2.62 bits per heavy atom. The number of aromatic nitrogens is 1. The van der Waals surface area contributed by atoms with E-state index in [2.05, 4.69) is 4.98 Å². The third-order valence-electron chi connectivity index (χ3n) is 4.16. The fourth-order valence-electron chi connectivity index (χ4n) is 2.58. The molecule has 1 amide bonds. The smallest absolute Gasteiger partial charge is 0.253 e. The van der Waals surface area contributed by atoms with Crippen molar-refractivity contribution in [3.05, 3.63) is 65.5 Å². The number of carbonyl (C=O) groups excluding carboxylic acids is 2. The fourth-order valence-corrected chi connectivity index (χ4v) is 2.58. The van der Waals surface area contributed by atoms with Gasteiger partial charge in [0.25, 0.3) is 5.91 Å². The van der Waals surface area contributed by atoms with Crippen molar-refractivity contribution >= 4 is 22.8 Å². The van der Waals surface area contributed by atoms with Gasteiger partial charge in [0.2, 0.25) is 5.89 Å². The highest BCUT2D eigenvalue weighted by Gasteiger charge is 2.27. The van der Waals surface area contributed by atoms with Crippen molar-refractivity contribution in [2.45, 2.75) is 12.8 Å². The number of nitriles is 1. The first-order valence-electron chi connectivity index (χ1n) is 8.20. The van der Waals surface area contributed by atoms with Gasteiger partial charge in [0.05, 0.1) is 6.07 Å². The number of fused-ring (bicyclic) bond motifs is 1. The maximum Gasteiger partial charge on any atom is 0.253 e. The highest BCUT2D eigenvalue weighted by atomic mass is 16.3. The van der Waals surface area contributed by atoms with E-state index in [4.69, 9.17) is 4.42 Å². The summed E-state index contributed by atoms with van der Waals surface area (Å²) in [5.41, 5.74) is 1.77. The van der Waals surface area contributed by atoms with E-state index < -0.39 is 11.7 Å². The number of rotatable bonds is 5. The molecule has 3 rings (SSSR count). The van der Waals surface area contributed by atoms with E-state index in [1.807, 2.05) is 13.0 Å². The molecule has 1 heterocycles. The molecule has 1 atom stereocenters. The molecule has 0 radical (unpaired) electrons. The normalized spacial score (nSPS) is 11.7. The number of nitrogens with zero attached hydrogens (tertiary/aromatic N) is 3. The summed E-state index contributed by atoms with van der Waals surface area (Å²) in [6, 6.07) is 15.4. The van der Waals surface area contributed by atoms with Gasteiger partial charge in [0.1, 0.15) is 5.52 Å². The largest absolute Gasteiger partial charge is 0.439 e. The third kappa shape index (κ3) is 3.20. The summed E-state index contributed by atoms with van der Waals surface area (Å²) in [7, 11) is 1.69. The monoisotopic (exact) mass is 347 g/mol. The van der Waals surface area contributed by atoms with Gasteiger partial charge in [0.15, 0.2) is 17.3 Å². The number of amides is 1. The van der Waals surface area contributed by atoms with Gasteiger partial charge in [0, 0.05) is 24.7 Å². The zero-order valence-corrected chi connectivity index (χ0v) is 14.5. The Labute approximate surface area is 150 Å². The Kier molecular flexibility index (Phi) is 4.81. The molecule has 6 nitrogen and oxygen atoms in total. The average Bonchev–Trinajstić information content (AvgIpc) is 3.11. The SMILES string of the molecule is CCN(C)C(=O)c1cccc(C(=O)[C@@H](C#N)c2nc3ccccc3o2)c1. The number of benzene rings is 2. The molecule has 26 heavy (non-hydrogen) atoms. The Hall–Kier alpha value is -3.46. The fraction of sp³-hybridized carbons (Fsp3) is 0.200. The lowest BCUT2D eigenvalue weighted by Crippen LogP contribution is -2.26. The van der Waals surface area contributed by atoms with Crippen LogP contribution in [0.1, 0.15) is 39.4 Å². The van der Waals surface area contributed by atoms with Gasteiger partial charge in [-0.25, -0.2) is 4.98 Å². The third-order valence-corrected chi connectivity index (χ3v) is 4.16. The molecular formula is C20H17N3O3. The van der Waals surface area contributed by atoms with Crippen LogP contribution < -0.4 is 0 Å². The molecular weight excluding hydrogens is 330 g/mol. The van der Waals surface area contributed by atoms with Crippen molar-refractivity contribution in [1.82, 2.24) is 9.88 Å². The summed E-state index contributed by atoms with van der Waals surface area (Å²) in [6.45, 7) is 2.42. The van der Waals surface area contributed by atoms with Crippen molar-refractivity contribution in [1.29, 1.82) is 5.26 Å². The van der Waals surface area contributed by atoms with Crippen molar-refractivity contribution in [2.24, 2.45) is 0 Å². The van der Waals surface area contributed by atoms with E-state index in [1.165, 1.54) is 6.07 Å². The first-order valence-corrected chi connectivity index (χ1v) is 8.20. The van der Waals surface area contributed by atoms with Gasteiger partial charge in [-0.1, -0.05) is 24.3 Å². The van der Waals surface area contributed by atoms with E-state index in [0.717, 1.165) is 0 Å². The molecule has 0 aliphatic rings. The lowest BCUT2D eigenvalue weighted by atomic mass is 9.97. The zero-order valence-electron chi connectivity index (χ0n) is 14.5. The molecule has 0 unspecified atom stereocenters. The van der Waals surface area contributed by atoms with Gasteiger partial charge < -0.3 is 9.32 Å². The minimum absolute atomic E-state index is 0.0566. The van der Waals surface area contributed by atoms with Gasteiger partial charge in [-0.3, -0.25) is 9.59 Å². The van der Waals surface area contributed by atoms with Crippen LogP contribution in [0.3, 0.4) is 0 Å². The number of Topliss-reactive ketones (excluding diaryl/α,β-unsaturated/α-hetero) is 1. The molecule has 1 aromatic heterocycles. The summed E-state index contributed by atoms with van der Waals surface area (Å²) >= 11 is 0. The molecule has 0 spiro atoms. The standard InChI is InChI=1S/C20H17N3O3/c1-3-23(2)20(25)14-8-6-7-13(11-14)18(24)15(12-21)19-22-16-9-4-5-10-17(16)26-19/h4-11,15H,3H2,1-2H3/t15-/m1/s1. The van der Waals surface area contributed by atoms with Crippen molar-refractivity contribution < 1.29 is 14.0 Å². The number of ketones is 1. The van der Waals surface area contributed by atoms with E-state index in [9.17, 15) is 14.9 Å². The minimum Gasteiger partial charge on any atom is -0.439 e. The first-order chi connectivity index (χ1) is 12.5. The van der Waals surface area contributed by atoms with Crippen molar-refractivity contribution in [2.75, 3.05) is 13.6 Å². The molecule has 2 aromatic carbocycles. The van der Waals surface area contributed by atoms with Gasteiger partial charge in [-0.05, 0) is 31.2 Å². The molecule has 0 aliphatic heterocycles. The summed E-state index contributed by atoms with van der Waals surface area (Å²) in [4.78, 5) is 30.9. The summed E-state index contributed by atoms with van der Waals surface area (Å²) in [6.07, 6.45) is 0. The van der Waals surface area contributed by atoms with E-state index >= 15 is 0 Å². The molecule has 0 bridgehead atoms. The Morgan fingerprint density at radius 2 is 1.92 bits per heavy atom. The molecule has 0 N–H and O–H groups in total. The molecule has 0 aliphatic carbocycles. The van der Waals surface area contributed by atoms with E-state index in [1.54, 1.807) is 54.4 Å². The Morgan fingerprint density at radius 1 is 1.19 bits per heavy atom. The first kappa shape index (κ1) is 17.4. The lowest BCUT2D eigenvalue weighted by Gasteiger charge is -2.15. The predicted molar refractivity (Wildman–Crippen MR) is 95.8 cm³/mol. The van der Waals surface area contributed by atoms with Crippen LogP contribution in [-0.4, -0.2) is 35.2 Å². The van der Waals surface area contributed by atoms with Crippen LogP contribution in [0.2, 0.25) is 0 Å². The van der Waals surface area contributed by atoms with Crippen LogP contribution in [-0.2, 0) is 0 Å². The van der Waals surface area contributed by atoms with Gasteiger partial charge in [-0.15, -0.1) is 0 Å². The van der Waals surface area contributed by atoms with Gasteiger partial charge >= 0.3 is 0 Å². The molecule has 130 valence electrons. The predicted octanol–water partition coefficient (Wildman–Crippen LogP) is 3.41. The van der Waals surface area contributed by atoms with Crippen LogP contribution in [0.5, 0.6) is 0 Å². The second-order valence-electron chi connectivity index (χ2n) is 5.85. The lowest BCUT2D eigenvalue weighted by molar-refractivity contribution is 0.0802. The highest BCUT2D eigenvalue weighted by Crippen LogP contribution is 2.24. The maximum absolute atomic E-state index is 12.8. The van der Waals surface area contributed by atoms with E-state index in [0.29, 0.717) is 23.2 Å². The van der Waals surface area contributed by atoms with Crippen LogP contribution in [0.4, 0.5) is 0 Å². The molecule has 0 saturated carbocycles. The Balaban J connectivity index is 1.94. The van der Waals surface area contributed by atoms with Crippen LogP contribution >= 0.6 is 0 Å². The number of para-hydroxylation sites is 2. The van der Waals surface area contributed by atoms with Crippen molar-refractivity contribution in [3.8, 4) is 6.07 Å². The van der Waals surface area contributed by atoms with Crippen molar-refractivity contribution in [3.63, 3.8) is 0 Å². The molecule has 3 aromatic rings. The average molecular weight is 347 g/mol. The zero-order chi connectivity index (χ0) is 18.7. The highest BCUT2D eigenvalue weighted by molar-refractivity contribution is 6.04. The summed E-state index contributed by atoms with van der Waals surface area (Å²) < 4.78 is 5.57. The number of carbonyl (C=O) groups is 2. The maximum atomic E-state index is 12.8. The van der Waals surface area contributed by atoms with Crippen LogP contribution in [0.25, 0.3) is 11.1 Å². The number of oxazole rings is 1. The minimum atomic E-state index is -1.17. The molecule has 6 heteroatoms. The van der Waals surface area contributed by atoms with Crippen LogP contribution in [0, 0.1) is 11.3 Å². The van der Waals surface area contributed by atoms with Gasteiger partial charge in [-0.2, -0.15) is 5.26 Å². The quantitative estimate of drug-likeness (QED) is 0.660. The molecule has 0 fully saturated rings. The van der Waals surface area contributed by atoms with E-state index in [-0.39, 0.29) is 17.4 Å². The van der Waals surface area contributed by atoms with Crippen LogP contribution in [0.15, 0.2) is 52.9 Å². The molecule has 0 saturated heterocycles. The topological polar surface area (TPSA) is 87.2 Å². The number of hydrogen-bond donors (Lipinski definition) is 0. The number of hydrogen-bond acceptors (Lipinski definition) is 5. The second-order valence-corrected chi connectivity index (χ2v) is 5.85. The second kappa shape index (κ2) is 7.19.